The number of halogens is 1. The summed E-state index contributed by atoms with van der Waals surface area (Å²) in [5, 5.41) is 7.51. The maximum absolute atomic E-state index is 14.1. The Morgan fingerprint density at radius 3 is 2.71 bits per heavy atom. The van der Waals surface area contributed by atoms with Gasteiger partial charge in [-0.25, -0.2) is 14.1 Å². The number of benzene rings is 2. The van der Waals surface area contributed by atoms with E-state index >= 15 is 0 Å². The molecule has 1 aromatic heterocycles. The van der Waals surface area contributed by atoms with Gasteiger partial charge in [-0.2, -0.15) is 0 Å². The number of para-hydroxylation sites is 1. The van der Waals surface area contributed by atoms with Crippen LogP contribution >= 0.6 is 11.8 Å². The summed E-state index contributed by atoms with van der Waals surface area (Å²) < 4.78 is 15.9. The SMILES string of the molecule is O=C(NC1CCSc2c(F)cccc21)c1nc(C2CC2)n(-c2ccccc2)n1. The average molecular weight is 394 g/mol. The number of rotatable bonds is 4. The van der Waals surface area contributed by atoms with Crippen LogP contribution in [0.5, 0.6) is 0 Å². The summed E-state index contributed by atoms with van der Waals surface area (Å²) >= 11 is 1.50. The lowest BCUT2D eigenvalue weighted by Gasteiger charge is -2.25. The largest absolute Gasteiger partial charge is 0.342 e. The minimum Gasteiger partial charge on any atom is -0.342 e. The first-order valence-corrected chi connectivity index (χ1v) is 10.4. The Kier molecular flexibility index (Phi) is 4.39. The molecule has 7 heteroatoms. The summed E-state index contributed by atoms with van der Waals surface area (Å²) in [5.41, 5.74) is 1.73. The van der Waals surface area contributed by atoms with Crippen LogP contribution in [0.25, 0.3) is 5.69 Å². The Morgan fingerprint density at radius 1 is 1.11 bits per heavy atom. The van der Waals surface area contributed by atoms with Gasteiger partial charge in [-0.3, -0.25) is 4.79 Å². The zero-order valence-electron chi connectivity index (χ0n) is 15.1. The number of nitrogens with zero attached hydrogens (tertiary/aromatic N) is 3. The van der Waals surface area contributed by atoms with Crippen molar-refractivity contribution >= 4 is 17.7 Å². The molecular formula is C21H19FN4OS. The van der Waals surface area contributed by atoms with Crippen molar-refractivity contribution in [2.75, 3.05) is 5.75 Å². The maximum atomic E-state index is 14.1. The van der Waals surface area contributed by atoms with Crippen LogP contribution in [0.1, 0.15) is 53.2 Å². The van der Waals surface area contributed by atoms with Gasteiger partial charge in [-0.1, -0.05) is 30.3 Å². The minimum atomic E-state index is -0.316. The zero-order chi connectivity index (χ0) is 19.1. The predicted octanol–water partition coefficient (Wildman–Crippen LogP) is 4.25. The molecule has 1 atom stereocenters. The van der Waals surface area contributed by atoms with Crippen LogP contribution in [0.3, 0.4) is 0 Å². The van der Waals surface area contributed by atoms with Gasteiger partial charge in [0.25, 0.3) is 5.91 Å². The summed E-state index contributed by atoms with van der Waals surface area (Å²) in [6.07, 6.45) is 2.89. The monoisotopic (exact) mass is 394 g/mol. The van der Waals surface area contributed by atoms with Crippen LogP contribution in [-0.4, -0.2) is 26.4 Å². The molecule has 0 spiro atoms. The topological polar surface area (TPSA) is 59.8 Å². The van der Waals surface area contributed by atoms with E-state index in [1.807, 2.05) is 36.4 Å². The summed E-state index contributed by atoms with van der Waals surface area (Å²) in [6.45, 7) is 0. The number of nitrogens with one attached hydrogen (secondary N) is 1. The summed E-state index contributed by atoms with van der Waals surface area (Å²) in [4.78, 5) is 18.1. The molecule has 1 amide bonds. The van der Waals surface area contributed by atoms with E-state index in [1.165, 1.54) is 17.8 Å². The standard InChI is InChI=1S/C21H19FN4OS/c22-16-8-4-7-15-17(11-12-28-18(15)16)23-21(27)19-24-20(13-9-10-13)26(25-19)14-5-2-1-3-6-14/h1-8,13,17H,9-12H2,(H,23,27). The number of carbonyl (C=O) groups excluding carboxylic acids is 1. The molecule has 5 nitrogen and oxygen atoms in total. The maximum Gasteiger partial charge on any atom is 0.291 e. The number of hydrogen-bond acceptors (Lipinski definition) is 4. The first-order chi connectivity index (χ1) is 13.7. The number of thioether (sulfide) groups is 1. The van der Waals surface area contributed by atoms with Crippen LogP contribution in [0.15, 0.2) is 53.4 Å². The van der Waals surface area contributed by atoms with Crippen molar-refractivity contribution in [3.05, 3.63) is 71.6 Å². The highest BCUT2D eigenvalue weighted by Gasteiger charge is 2.32. The van der Waals surface area contributed by atoms with Crippen LogP contribution < -0.4 is 5.32 Å². The summed E-state index contributed by atoms with van der Waals surface area (Å²) in [5.74, 6) is 1.57. The van der Waals surface area contributed by atoms with Gasteiger partial charge in [0.1, 0.15) is 11.6 Å². The van der Waals surface area contributed by atoms with Crippen molar-refractivity contribution in [2.45, 2.75) is 36.1 Å². The van der Waals surface area contributed by atoms with E-state index < -0.39 is 0 Å². The van der Waals surface area contributed by atoms with Crippen molar-refractivity contribution in [1.82, 2.24) is 20.1 Å². The van der Waals surface area contributed by atoms with Gasteiger partial charge in [0.05, 0.1) is 11.7 Å². The van der Waals surface area contributed by atoms with Gasteiger partial charge in [0, 0.05) is 16.6 Å². The van der Waals surface area contributed by atoms with Gasteiger partial charge in [-0.15, -0.1) is 16.9 Å². The number of carbonyl (C=O) groups is 1. The van der Waals surface area contributed by atoms with Gasteiger partial charge in [0.15, 0.2) is 0 Å². The lowest BCUT2D eigenvalue weighted by atomic mass is 10.0. The molecule has 142 valence electrons. The Hall–Kier alpha value is -2.67. The number of fused-ring (bicyclic) bond motifs is 1. The van der Waals surface area contributed by atoms with Crippen LogP contribution in [0, 0.1) is 5.82 Å². The Labute approximate surface area is 166 Å². The fourth-order valence-corrected chi connectivity index (χ4v) is 4.69. The van der Waals surface area contributed by atoms with E-state index in [0.717, 1.165) is 42.1 Å². The molecule has 1 aliphatic heterocycles. The number of hydrogen-bond donors (Lipinski definition) is 1. The lowest BCUT2D eigenvalue weighted by Crippen LogP contribution is -2.31. The molecule has 1 aliphatic carbocycles. The van der Waals surface area contributed by atoms with E-state index in [-0.39, 0.29) is 23.6 Å². The molecule has 0 saturated heterocycles. The highest BCUT2D eigenvalue weighted by molar-refractivity contribution is 7.99. The second-order valence-corrected chi connectivity index (χ2v) is 8.24. The quantitative estimate of drug-likeness (QED) is 0.719. The first-order valence-electron chi connectivity index (χ1n) is 9.45. The number of aromatic nitrogens is 3. The predicted molar refractivity (Wildman–Crippen MR) is 105 cm³/mol. The van der Waals surface area contributed by atoms with E-state index in [4.69, 9.17) is 0 Å². The minimum absolute atomic E-state index is 0.168. The van der Waals surface area contributed by atoms with Gasteiger partial charge >= 0.3 is 0 Å². The second-order valence-electron chi connectivity index (χ2n) is 7.14. The Morgan fingerprint density at radius 2 is 1.93 bits per heavy atom. The molecule has 2 aliphatic rings. The first kappa shape index (κ1) is 17.4. The molecule has 2 aromatic carbocycles. The van der Waals surface area contributed by atoms with Gasteiger partial charge < -0.3 is 5.32 Å². The zero-order valence-corrected chi connectivity index (χ0v) is 16.0. The normalized spacial score (nSPS) is 18.5. The van der Waals surface area contributed by atoms with Crippen molar-refractivity contribution in [2.24, 2.45) is 0 Å². The van der Waals surface area contributed by atoms with Crippen molar-refractivity contribution < 1.29 is 9.18 Å². The van der Waals surface area contributed by atoms with E-state index in [2.05, 4.69) is 15.4 Å². The third kappa shape index (κ3) is 3.20. The molecule has 0 bridgehead atoms. The van der Waals surface area contributed by atoms with Crippen molar-refractivity contribution in [3.63, 3.8) is 0 Å². The van der Waals surface area contributed by atoms with Gasteiger partial charge in [-0.05, 0) is 43.0 Å². The van der Waals surface area contributed by atoms with Crippen LogP contribution in [0.2, 0.25) is 0 Å². The molecule has 1 fully saturated rings. The Bertz CT molecular complexity index is 1030. The fourth-order valence-electron chi connectivity index (χ4n) is 3.54. The highest BCUT2D eigenvalue weighted by Crippen LogP contribution is 2.40. The van der Waals surface area contributed by atoms with Crippen molar-refractivity contribution in [1.29, 1.82) is 0 Å². The van der Waals surface area contributed by atoms with E-state index in [9.17, 15) is 9.18 Å². The molecule has 5 rings (SSSR count). The molecule has 1 unspecified atom stereocenters. The molecule has 0 radical (unpaired) electrons. The van der Waals surface area contributed by atoms with E-state index in [1.54, 1.807) is 10.7 Å². The molecule has 3 aromatic rings. The lowest BCUT2D eigenvalue weighted by molar-refractivity contribution is 0.0924. The molecular weight excluding hydrogens is 375 g/mol. The number of amides is 1. The highest BCUT2D eigenvalue weighted by atomic mass is 32.2. The van der Waals surface area contributed by atoms with E-state index in [0.29, 0.717) is 10.8 Å². The third-order valence-corrected chi connectivity index (χ3v) is 6.27. The average Bonchev–Trinajstić information content (AvgIpc) is 3.47. The summed E-state index contributed by atoms with van der Waals surface area (Å²) in [6, 6.07) is 14.5. The molecule has 1 saturated carbocycles. The third-order valence-electron chi connectivity index (χ3n) is 5.11. The molecule has 2 heterocycles. The van der Waals surface area contributed by atoms with Gasteiger partial charge in [0.2, 0.25) is 5.82 Å². The Balaban J connectivity index is 1.44. The molecule has 28 heavy (non-hydrogen) atoms. The van der Waals surface area contributed by atoms with Crippen molar-refractivity contribution in [3.8, 4) is 5.69 Å². The van der Waals surface area contributed by atoms with Crippen LogP contribution in [0.4, 0.5) is 4.39 Å². The summed E-state index contributed by atoms with van der Waals surface area (Å²) in [7, 11) is 0. The fraction of sp³-hybridized carbons (Fsp3) is 0.286. The second kappa shape index (κ2) is 7.05. The van der Waals surface area contributed by atoms with Crippen LogP contribution in [-0.2, 0) is 0 Å². The molecule has 1 N–H and O–H groups in total. The smallest absolute Gasteiger partial charge is 0.291 e.